The summed E-state index contributed by atoms with van der Waals surface area (Å²) in [7, 11) is 7.81. The van der Waals surface area contributed by atoms with Gasteiger partial charge >= 0.3 is 0 Å². The molecule has 1 aliphatic rings. The highest BCUT2D eigenvalue weighted by Crippen LogP contribution is 2.34. The van der Waals surface area contributed by atoms with Crippen LogP contribution in [0, 0.1) is 13.8 Å². The summed E-state index contributed by atoms with van der Waals surface area (Å²) in [5.74, 6) is 0.581. The van der Waals surface area contributed by atoms with Crippen molar-refractivity contribution in [3.05, 3.63) is 39.0 Å². The van der Waals surface area contributed by atoms with E-state index in [1.807, 2.05) is 20.0 Å². The molecule has 7 nitrogen and oxygen atoms in total. The number of nitrogens with one attached hydrogen (secondary N) is 1. The molecule has 0 radical (unpaired) electrons. The third kappa shape index (κ3) is 5.54. The van der Waals surface area contributed by atoms with E-state index in [4.69, 9.17) is 4.74 Å². The van der Waals surface area contributed by atoms with Gasteiger partial charge in [0.15, 0.2) is 0 Å². The molecule has 3 rings (SSSR count). The zero-order valence-corrected chi connectivity index (χ0v) is 22.6. The molecule has 182 valence electrons. The molecular weight excluding hydrogens is 482 g/mol. The van der Waals surface area contributed by atoms with E-state index in [2.05, 4.69) is 70.2 Å². The summed E-state index contributed by atoms with van der Waals surface area (Å²) in [5, 5.41) is 7.48. The molecule has 1 fully saturated rings. The average molecular weight is 521 g/mol. The van der Waals surface area contributed by atoms with Crippen LogP contribution in [0.3, 0.4) is 0 Å². The molecule has 1 aliphatic carbocycles. The first-order valence-corrected chi connectivity index (χ1v) is 12.5. The smallest absolute Gasteiger partial charge is 0.251 e. The Morgan fingerprint density at radius 2 is 1.85 bits per heavy atom. The number of ether oxygens (including phenoxy) is 1. The number of carbonyl (C=O) groups excluding carboxylic acids is 1. The Balaban J connectivity index is 1.81. The summed E-state index contributed by atoms with van der Waals surface area (Å²) >= 11 is 3.65. The molecule has 1 heterocycles. The van der Waals surface area contributed by atoms with Gasteiger partial charge in [0.2, 0.25) is 5.88 Å². The zero-order valence-electron chi connectivity index (χ0n) is 21.0. The molecule has 2 aromatic rings. The molecule has 1 aromatic heterocycles. The first-order valence-electron chi connectivity index (χ1n) is 11.8. The zero-order chi connectivity index (χ0) is 24.3. The number of aryl methyl sites for hydroxylation is 2. The van der Waals surface area contributed by atoms with Gasteiger partial charge in [-0.05, 0) is 78.2 Å². The topological polar surface area (TPSA) is 62.6 Å². The maximum absolute atomic E-state index is 13.2. The first-order chi connectivity index (χ1) is 15.7. The Kier molecular flexibility index (Phi) is 8.45. The van der Waals surface area contributed by atoms with E-state index >= 15 is 0 Å². The van der Waals surface area contributed by atoms with Gasteiger partial charge < -0.3 is 19.9 Å². The van der Waals surface area contributed by atoms with Gasteiger partial charge in [0.25, 0.3) is 5.91 Å². The maximum atomic E-state index is 13.2. The summed E-state index contributed by atoms with van der Waals surface area (Å²) < 4.78 is 8.08. The van der Waals surface area contributed by atoms with Gasteiger partial charge in [0, 0.05) is 41.4 Å². The number of aromatic nitrogens is 2. The fraction of sp³-hybridized carbons (Fsp3) is 0.600. The van der Waals surface area contributed by atoms with Crippen molar-refractivity contribution in [2.45, 2.75) is 65.1 Å². The Morgan fingerprint density at radius 1 is 1.21 bits per heavy atom. The van der Waals surface area contributed by atoms with E-state index in [0.29, 0.717) is 30.1 Å². The van der Waals surface area contributed by atoms with Crippen molar-refractivity contribution >= 4 is 27.5 Å². The number of methoxy groups -OCH3 is 1. The van der Waals surface area contributed by atoms with E-state index in [9.17, 15) is 4.79 Å². The van der Waals surface area contributed by atoms with Crippen LogP contribution < -0.4 is 15.0 Å². The standard InChI is InChI=1S/C25H38BrN5O2/c1-8-31(20-11-9-19(10-12-20)29(4)5)23-14-18(26)13-21(16(23)2)24(32)27-15-22-17(3)28-30(6)25(22)33-7/h13-14,19-20H,8-12,15H2,1-7H3,(H,27,32)/t19-,20-. The second kappa shape index (κ2) is 10.9. The summed E-state index contributed by atoms with van der Waals surface area (Å²) in [4.78, 5) is 18.1. The average Bonchev–Trinajstić information content (AvgIpc) is 3.06. The number of anilines is 1. The summed E-state index contributed by atoms with van der Waals surface area (Å²) in [5.41, 5.74) is 4.60. The lowest BCUT2D eigenvalue weighted by atomic mass is 9.89. The van der Waals surface area contributed by atoms with Crippen LogP contribution in [-0.2, 0) is 13.6 Å². The number of carbonyl (C=O) groups is 1. The predicted octanol–water partition coefficient (Wildman–Crippen LogP) is 4.44. The second-order valence-corrected chi connectivity index (χ2v) is 10.1. The number of rotatable bonds is 8. The molecule has 0 saturated heterocycles. The van der Waals surface area contributed by atoms with Gasteiger partial charge in [-0.25, -0.2) is 4.68 Å². The molecule has 1 saturated carbocycles. The van der Waals surface area contributed by atoms with Crippen LogP contribution in [0.1, 0.15) is 59.8 Å². The maximum Gasteiger partial charge on any atom is 0.251 e. The Bertz CT molecular complexity index is 980. The molecule has 0 aliphatic heterocycles. The minimum atomic E-state index is -0.0901. The van der Waals surface area contributed by atoms with Gasteiger partial charge in [0.05, 0.1) is 24.9 Å². The number of nitrogens with zero attached hydrogens (tertiary/aromatic N) is 4. The van der Waals surface area contributed by atoms with Crippen molar-refractivity contribution in [1.29, 1.82) is 0 Å². The van der Waals surface area contributed by atoms with Crippen molar-refractivity contribution in [3.8, 4) is 5.88 Å². The van der Waals surface area contributed by atoms with Crippen molar-refractivity contribution in [3.63, 3.8) is 0 Å². The summed E-state index contributed by atoms with van der Waals surface area (Å²) in [6, 6.07) is 5.23. The minimum absolute atomic E-state index is 0.0901. The normalized spacial score (nSPS) is 18.5. The van der Waals surface area contributed by atoms with Crippen molar-refractivity contribution in [2.24, 2.45) is 7.05 Å². The van der Waals surface area contributed by atoms with Gasteiger partial charge in [0.1, 0.15) is 0 Å². The molecule has 1 aromatic carbocycles. The van der Waals surface area contributed by atoms with Crippen LogP contribution in [0.2, 0.25) is 0 Å². The van der Waals surface area contributed by atoms with Crippen molar-refractivity contribution < 1.29 is 9.53 Å². The van der Waals surface area contributed by atoms with Crippen LogP contribution in [0.25, 0.3) is 0 Å². The van der Waals surface area contributed by atoms with Crippen molar-refractivity contribution in [1.82, 2.24) is 20.0 Å². The van der Waals surface area contributed by atoms with E-state index in [1.165, 1.54) is 25.7 Å². The quantitative estimate of drug-likeness (QED) is 0.558. The summed E-state index contributed by atoms with van der Waals surface area (Å²) in [6.45, 7) is 7.48. The van der Waals surface area contributed by atoms with Gasteiger partial charge in [-0.3, -0.25) is 4.79 Å². The molecule has 33 heavy (non-hydrogen) atoms. The Hall–Kier alpha value is -2.06. The second-order valence-electron chi connectivity index (χ2n) is 9.19. The van der Waals surface area contributed by atoms with E-state index in [-0.39, 0.29) is 5.91 Å². The minimum Gasteiger partial charge on any atom is -0.481 e. The highest BCUT2D eigenvalue weighted by molar-refractivity contribution is 9.10. The van der Waals surface area contributed by atoms with Crippen LogP contribution in [-0.4, -0.2) is 60.4 Å². The highest BCUT2D eigenvalue weighted by atomic mass is 79.9. The first kappa shape index (κ1) is 25.6. The van der Waals surface area contributed by atoms with Crippen LogP contribution in [0.4, 0.5) is 5.69 Å². The number of amides is 1. The van der Waals surface area contributed by atoms with Gasteiger partial charge in [-0.15, -0.1) is 0 Å². The van der Waals surface area contributed by atoms with Crippen LogP contribution in [0.15, 0.2) is 16.6 Å². The van der Waals surface area contributed by atoms with Crippen LogP contribution in [0.5, 0.6) is 5.88 Å². The van der Waals surface area contributed by atoms with E-state index < -0.39 is 0 Å². The number of halogens is 1. The van der Waals surface area contributed by atoms with Gasteiger partial charge in [-0.2, -0.15) is 5.10 Å². The third-order valence-electron chi connectivity index (χ3n) is 6.98. The Labute approximate surface area is 206 Å². The Morgan fingerprint density at radius 3 is 2.42 bits per heavy atom. The number of hydrogen-bond donors (Lipinski definition) is 1. The lowest BCUT2D eigenvalue weighted by molar-refractivity contribution is 0.0950. The molecule has 0 bridgehead atoms. The molecule has 0 spiro atoms. The molecule has 0 atom stereocenters. The molecule has 8 heteroatoms. The number of benzene rings is 1. The number of hydrogen-bond acceptors (Lipinski definition) is 5. The molecule has 0 unspecified atom stereocenters. The fourth-order valence-electron chi connectivity index (χ4n) is 5.11. The van der Waals surface area contributed by atoms with E-state index in [1.54, 1.807) is 11.8 Å². The molecule has 1 amide bonds. The summed E-state index contributed by atoms with van der Waals surface area (Å²) in [6.07, 6.45) is 4.76. The van der Waals surface area contributed by atoms with E-state index in [0.717, 1.165) is 33.5 Å². The molecular formula is C25H38BrN5O2. The fourth-order valence-corrected chi connectivity index (χ4v) is 5.56. The van der Waals surface area contributed by atoms with Crippen molar-refractivity contribution in [2.75, 3.05) is 32.6 Å². The lowest BCUT2D eigenvalue weighted by Gasteiger charge is -2.40. The SMILES string of the molecule is CCN(c1cc(Br)cc(C(=O)NCc2c(C)nn(C)c2OC)c1C)[C@H]1CC[C@H](N(C)C)CC1. The molecule has 1 N–H and O–H groups in total. The predicted molar refractivity (Wildman–Crippen MR) is 137 cm³/mol. The monoisotopic (exact) mass is 519 g/mol. The largest absolute Gasteiger partial charge is 0.481 e. The highest BCUT2D eigenvalue weighted by Gasteiger charge is 2.28. The van der Waals surface area contributed by atoms with Crippen LogP contribution >= 0.6 is 15.9 Å². The third-order valence-corrected chi connectivity index (χ3v) is 7.44. The van der Waals surface area contributed by atoms with Gasteiger partial charge in [-0.1, -0.05) is 15.9 Å². The lowest BCUT2D eigenvalue weighted by Crippen LogP contribution is -2.42.